The van der Waals surface area contributed by atoms with Crippen LogP contribution in [0.15, 0.2) is 0 Å². The molecule has 0 spiro atoms. The maximum atomic E-state index is 10.9. The quantitative estimate of drug-likeness (QED) is 0.460. The van der Waals surface area contributed by atoms with Crippen LogP contribution in [-0.4, -0.2) is 36.6 Å². The molecule has 3 N–H and O–H groups in total. The van der Waals surface area contributed by atoms with E-state index < -0.39 is 5.97 Å². The van der Waals surface area contributed by atoms with E-state index in [2.05, 4.69) is 10.6 Å². The monoisotopic (exact) mass is 199 g/mol. The van der Waals surface area contributed by atoms with E-state index in [0.29, 0.717) is 6.54 Å². The molecule has 0 aromatic carbocycles. The first-order valence-corrected chi connectivity index (χ1v) is 4.23. The molecular weight excluding hydrogens is 186 g/mol. The molecule has 0 aromatic heterocycles. The first kappa shape index (κ1) is 12.4. The summed E-state index contributed by atoms with van der Waals surface area (Å²) in [7, 11) is 0. The molecule has 0 aromatic rings. The van der Waals surface area contributed by atoms with E-state index in [1.807, 2.05) is 6.07 Å². The van der Waals surface area contributed by atoms with Crippen LogP contribution >= 0.6 is 0 Å². The lowest BCUT2D eigenvalue weighted by Gasteiger charge is -2.03. The number of nitrogens with zero attached hydrogens (tertiary/aromatic N) is 1. The highest BCUT2D eigenvalue weighted by atomic mass is 16.4. The number of hydrogen-bond acceptors (Lipinski definition) is 4. The predicted octanol–water partition coefficient (Wildman–Crippen LogP) is -0.919. The molecule has 1 amide bonds. The van der Waals surface area contributed by atoms with Crippen LogP contribution in [0.4, 0.5) is 0 Å². The molecule has 78 valence electrons. The summed E-state index contributed by atoms with van der Waals surface area (Å²) in [5.74, 6) is -1.13. The normalized spacial score (nSPS) is 9.07. The van der Waals surface area contributed by atoms with E-state index in [4.69, 9.17) is 10.4 Å². The van der Waals surface area contributed by atoms with Gasteiger partial charge in [0, 0.05) is 13.1 Å². The lowest BCUT2D eigenvalue weighted by Crippen LogP contribution is -2.35. The van der Waals surface area contributed by atoms with Crippen molar-refractivity contribution >= 4 is 11.9 Å². The van der Waals surface area contributed by atoms with Crippen molar-refractivity contribution in [3.8, 4) is 6.07 Å². The van der Waals surface area contributed by atoms with Gasteiger partial charge in [0.15, 0.2) is 0 Å². The van der Waals surface area contributed by atoms with Crippen LogP contribution in [0, 0.1) is 11.3 Å². The number of amides is 1. The van der Waals surface area contributed by atoms with Gasteiger partial charge in [-0.15, -0.1) is 0 Å². The van der Waals surface area contributed by atoms with Gasteiger partial charge < -0.3 is 15.7 Å². The van der Waals surface area contributed by atoms with E-state index >= 15 is 0 Å². The van der Waals surface area contributed by atoms with Gasteiger partial charge in [-0.25, -0.2) is 0 Å². The topological polar surface area (TPSA) is 102 Å². The van der Waals surface area contributed by atoms with Gasteiger partial charge in [-0.3, -0.25) is 9.59 Å². The molecule has 0 saturated carbocycles. The van der Waals surface area contributed by atoms with Crippen molar-refractivity contribution in [1.29, 1.82) is 5.26 Å². The van der Waals surface area contributed by atoms with E-state index in [1.165, 1.54) is 0 Å². The number of carboxylic acid groups (broad SMARTS) is 1. The van der Waals surface area contributed by atoms with Crippen LogP contribution in [0.3, 0.4) is 0 Å². The van der Waals surface area contributed by atoms with E-state index in [9.17, 15) is 9.59 Å². The minimum absolute atomic E-state index is 0.00846. The highest BCUT2D eigenvalue weighted by molar-refractivity contribution is 5.78. The molecular formula is C8H13N3O3. The first-order valence-electron chi connectivity index (χ1n) is 4.23. The minimum atomic E-state index is -0.901. The molecule has 0 rings (SSSR count). The summed E-state index contributed by atoms with van der Waals surface area (Å²) in [4.78, 5) is 21.0. The molecule has 6 heteroatoms. The highest BCUT2D eigenvalue weighted by Crippen LogP contribution is 1.75. The standard InChI is InChI=1S/C8H13N3O3/c9-3-1-4-11-7(12)6-10-5-2-8(13)14/h10H,1-2,4-6H2,(H,11,12)(H,13,14). The summed E-state index contributed by atoms with van der Waals surface area (Å²) in [6, 6.07) is 1.89. The van der Waals surface area contributed by atoms with Crippen LogP contribution in [0.5, 0.6) is 0 Å². The largest absolute Gasteiger partial charge is 0.481 e. The lowest BCUT2D eigenvalue weighted by atomic mass is 10.4. The van der Waals surface area contributed by atoms with Gasteiger partial charge in [0.25, 0.3) is 0 Å². The zero-order valence-corrected chi connectivity index (χ0v) is 7.75. The highest BCUT2D eigenvalue weighted by Gasteiger charge is 2.00. The van der Waals surface area contributed by atoms with Crippen molar-refractivity contribution in [2.75, 3.05) is 19.6 Å². The predicted molar refractivity (Wildman–Crippen MR) is 48.4 cm³/mol. The molecule has 0 bridgehead atoms. The van der Waals surface area contributed by atoms with Gasteiger partial charge in [-0.05, 0) is 0 Å². The van der Waals surface area contributed by atoms with Crippen molar-refractivity contribution in [1.82, 2.24) is 10.6 Å². The Bertz CT molecular complexity index is 234. The third-order valence-corrected chi connectivity index (χ3v) is 1.36. The van der Waals surface area contributed by atoms with E-state index in [0.717, 1.165) is 0 Å². The summed E-state index contributed by atoms with van der Waals surface area (Å²) in [5, 5.41) is 21.6. The Labute approximate surface area is 81.9 Å². The van der Waals surface area contributed by atoms with Gasteiger partial charge in [0.1, 0.15) is 0 Å². The van der Waals surface area contributed by atoms with Crippen molar-refractivity contribution in [3.63, 3.8) is 0 Å². The third-order valence-electron chi connectivity index (χ3n) is 1.36. The Balaban J connectivity index is 3.28. The second-order valence-corrected chi connectivity index (χ2v) is 2.58. The Morgan fingerprint density at radius 2 is 2.07 bits per heavy atom. The number of nitriles is 1. The summed E-state index contributed by atoms with van der Waals surface area (Å²) in [6.45, 7) is 0.676. The number of aliphatic carboxylic acids is 1. The number of hydrogen-bond donors (Lipinski definition) is 3. The van der Waals surface area contributed by atoms with Crippen LogP contribution in [0.25, 0.3) is 0 Å². The third kappa shape index (κ3) is 8.49. The molecule has 0 aliphatic rings. The Hall–Kier alpha value is -1.61. The maximum absolute atomic E-state index is 10.9. The fraction of sp³-hybridized carbons (Fsp3) is 0.625. The Kier molecular flexibility index (Phi) is 7.09. The zero-order chi connectivity index (χ0) is 10.8. The minimum Gasteiger partial charge on any atom is -0.481 e. The van der Waals surface area contributed by atoms with Crippen molar-refractivity contribution < 1.29 is 14.7 Å². The molecule has 0 heterocycles. The number of carbonyl (C=O) groups excluding carboxylic acids is 1. The molecule has 0 atom stereocenters. The maximum Gasteiger partial charge on any atom is 0.304 e. The smallest absolute Gasteiger partial charge is 0.304 e. The zero-order valence-electron chi connectivity index (χ0n) is 7.75. The van der Waals surface area contributed by atoms with Crippen molar-refractivity contribution in [2.24, 2.45) is 0 Å². The number of carboxylic acids is 1. The molecule has 0 aliphatic carbocycles. The van der Waals surface area contributed by atoms with Crippen molar-refractivity contribution in [2.45, 2.75) is 12.8 Å². The summed E-state index contributed by atoms with van der Waals surface area (Å²) >= 11 is 0. The van der Waals surface area contributed by atoms with Gasteiger partial charge >= 0.3 is 5.97 Å². The second-order valence-electron chi connectivity index (χ2n) is 2.58. The van der Waals surface area contributed by atoms with Gasteiger partial charge in [0.05, 0.1) is 25.5 Å². The fourth-order valence-electron chi connectivity index (χ4n) is 0.718. The first-order chi connectivity index (χ1) is 6.66. The van der Waals surface area contributed by atoms with E-state index in [1.54, 1.807) is 0 Å². The molecule has 6 nitrogen and oxygen atoms in total. The molecule has 0 aliphatic heterocycles. The van der Waals surface area contributed by atoms with Crippen LogP contribution in [0.2, 0.25) is 0 Å². The number of rotatable bonds is 7. The summed E-state index contributed by atoms with van der Waals surface area (Å²) < 4.78 is 0. The van der Waals surface area contributed by atoms with Gasteiger partial charge in [-0.1, -0.05) is 0 Å². The van der Waals surface area contributed by atoms with Gasteiger partial charge in [0.2, 0.25) is 5.91 Å². The lowest BCUT2D eigenvalue weighted by molar-refractivity contribution is -0.137. The van der Waals surface area contributed by atoms with E-state index in [-0.39, 0.29) is 31.8 Å². The summed E-state index contributed by atoms with van der Waals surface area (Å²) in [5.41, 5.74) is 0. The SMILES string of the molecule is N#CCCNC(=O)CNCCC(=O)O. The number of nitrogens with one attached hydrogen (secondary N) is 2. The van der Waals surface area contributed by atoms with Crippen LogP contribution in [-0.2, 0) is 9.59 Å². The average Bonchev–Trinajstić information content (AvgIpc) is 2.13. The fourth-order valence-corrected chi connectivity index (χ4v) is 0.718. The van der Waals surface area contributed by atoms with Crippen molar-refractivity contribution in [3.05, 3.63) is 0 Å². The average molecular weight is 199 g/mol. The molecule has 0 unspecified atom stereocenters. The second kappa shape index (κ2) is 8.01. The molecule has 0 fully saturated rings. The molecule has 14 heavy (non-hydrogen) atoms. The summed E-state index contributed by atoms with van der Waals surface area (Å²) in [6.07, 6.45) is 0.270. The number of carbonyl (C=O) groups is 2. The Morgan fingerprint density at radius 1 is 1.36 bits per heavy atom. The van der Waals surface area contributed by atoms with Crippen LogP contribution < -0.4 is 10.6 Å². The molecule has 0 saturated heterocycles. The molecule has 0 radical (unpaired) electrons. The van der Waals surface area contributed by atoms with Gasteiger partial charge in [-0.2, -0.15) is 5.26 Å². The van der Waals surface area contributed by atoms with Crippen LogP contribution in [0.1, 0.15) is 12.8 Å². The Morgan fingerprint density at radius 3 is 2.64 bits per heavy atom.